The number of rotatable bonds is 6. The second-order valence-electron chi connectivity index (χ2n) is 6.76. The van der Waals surface area contributed by atoms with E-state index in [1.165, 1.54) is 12.0 Å². The van der Waals surface area contributed by atoms with E-state index >= 15 is 0 Å². The standard InChI is InChI=1S/C20H25NO4S/c1-13(2)17-11-21-19(26-17)15-5-4-6-16(20(22)23-3)18(15)25-12-14-7-9-24-10-8-14/h4-6,11,13-14H,7-10,12H2,1-3H3. The number of benzene rings is 1. The van der Waals surface area contributed by atoms with Crippen LogP contribution in [0.25, 0.3) is 10.6 Å². The molecule has 1 aromatic carbocycles. The fourth-order valence-corrected chi connectivity index (χ4v) is 3.86. The van der Waals surface area contributed by atoms with E-state index in [0.717, 1.165) is 36.6 Å². The van der Waals surface area contributed by atoms with Gasteiger partial charge in [0.15, 0.2) is 0 Å². The van der Waals surface area contributed by atoms with Crippen LogP contribution < -0.4 is 4.74 Å². The summed E-state index contributed by atoms with van der Waals surface area (Å²) in [7, 11) is 1.39. The predicted octanol–water partition coefficient (Wildman–Crippen LogP) is 4.53. The molecule has 0 amide bonds. The summed E-state index contributed by atoms with van der Waals surface area (Å²) in [5.74, 6) is 1.02. The lowest BCUT2D eigenvalue weighted by Crippen LogP contribution is -2.22. The Labute approximate surface area is 158 Å². The Morgan fingerprint density at radius 2 is 2.12 bits per heavy atom. The Balaban J connectivity index is 1.92. The molecule has 0 aliphatic carbocycles. The first-order valence-corrected chi connectivity index (χ1v) is 9.79. The molecule has 0 atom stereocenters. The first-order valence-electron chi connectivity index (χ1n) is 8.98. The largest absolute Gasteiger partial charge is 0.492 e. The third-order valence-corrected chi connectivity index (χ3v) is 5.88. The molecule has 140 valence electrons. The summed E-state index contributed by atoms with van der Waals surface area (Å²) in [4.78, 5) is 18.0. The molecular weight excluding hydrogens is 350 g/mol. The molecule has 6 heteroatoms. The molecule has 0 unspecified atom stereocenters. The molecule has 3 rings (SSSR count). The number of thiazole rings is 1. The lowest BCUT2D eigenvalue weighted by atomic mass is 10.0. The lowest BCUT2D eigenvalue weighted by molar-refractivity contribution is 0.0484. The van der Waals surface area contributed by atoms with Gasteiger partial charge >= 0.3 is 5.97 Å². The van der Waals surface area contributed by atoms with Gasteiger partial charge in [0.2, 0.25) is 0 Å². The summed E-state index contributed by atoms with van der Waals surface area (Å²) >= 11 is 1.63. The summed E-state index contributed by atoms with van der Waals surface area (Å²) in [6.07, 6.45) is 3.85. The molecular formula is C20H25NO4S. The van der Waals surface area contributed by atoms with Gasteiger partial charge in [-0.15, -0.1) is 11.3 Å². The normalized spacial score (nSPS) is 15.2. The number of para-hydroxylation sites is 1. The maximum atomic E-state index is 12.2. The number of nitrogens with zero attached hydrogens (tertiary/aromatic N) is 1. The van der Waals surface area contributed by atoms with Crippen molar-refractivity contribution in [2.75, 3.05) is 26.9 Å². The third kappa shape index (κ3) is 4.24. The quantitative estimate of drug-likeness (QED) is 0.695. The molecule has 0 spiro atoms. The van der Waals surface area contributed by atoms with Crippen LogP contribution in [-0.2, 0) is 9.47 Å². The summed E-state index contributed by atoms with van der Waals surface area (Å²) in [6.45, 7) is 6.38. The van der Waals surface area contributed by atoms with Crippen LogP contribution in [0.4, 0.5) is 0 Å². The van der Waals surface area contributed by atoms with Crippen LogP contribution in [0, 0.1) is 5.92 Å². The second kappa shape index (κ2) is 8.64. The van der Waals surface area contributed by atoms with E-state index in [0.29, 0.717) is 29.8 Å². The van der Waals surface area contributed by atoms with Crippen LogP contribution in [0.5, 0.6) is 5.75 Å². The molecule has 1 aromatic heterocycles. The number of carbonyl (C=O) groups is 1. The van der Waals surface area contributed by atoms with E-state index in [1.54, 1.807) is 17.4 Å². The second-order valence-corrected chi connectivity index (χ2v) is 7.83. The molecule has 1 aliphatic rings. The van der Waals surface area contributed by atoms with Crippen LogP contribution in [0.2, 0.25) is 0 Å². The van der Waals surface area contributed by atoms with E-state index < -0.39 is 5.97 Å². The molecule has 2 heterocycles. The highest BCUT2D eigenvalue weighted by molar-refractivity contribution is 7.15. The number of aromatic nitrogens is 1. The van der Waals surface area contributed by atoms with Gasteiger partial charge < -0.3 is 14.2 Å². The minimum absolute atomic E-state index is 0.394. The molecule has 2 aromatic rings. The number of ether oxygens (including phenoxy) is 3. The van der Waals surface area contributed by atoms with Gasteiger partial charge in [-0.05, 0) is 36.8 Å². The highest BCUT2D eigenvalue weighted by atomic mass is 32.1. The van der Waals surface area contributed by atoms with Crippen molar-refractivity contribution in [2.45, 2.75) is 32.6 Å². The minimum atomic E-state index is -0.394. The van der Waals surface area contributed by atoms with E-state index in [-0.39, 0.29) is 0 Å². The first kappa shape index (κ1) is 18.9. The Morgan fingerprint density at radius 1 is 1.35 bits per heavy atom. The van der Waals surface area contributed by atoms with Crippen molar-refractivity contribution in [3.05, 3.63) is 34.8 Å². The van der Waals surface area contributed by atoms with E-state index in [1.807, 2.05) is 18.3 Å². The Kier molecular flexibility index (Phi) is 6.27. The maximum absolute atomic E-state index is 12.2. The van der Waals surface area contributed by atoms with Crippen LogP contribution in [0.1, 0.15) is 47.8 Å². The highest BCUT2D eigenvalue weighted by Crippen LogP contribution is 2.38. The molecule has 1 aliphatic heterocycles. The number of hydrogen-bond donors (Lipinski definition) is 0. The Bertz CT molecular complexity index is 750. The molecule has 0 N–H and O–H groups in total. The van der Waals surface area contributed by atoms with Crippen molar-refractivity contribution in [1.29, 1.82) is 0 Å². The van der Waals surface area contributed by atoms with E-state index in [2.05, 4.69) is 18.8 Å². The van der Waals surface area contributed by atoms with Gasteiger partial charge in [0, 0.05) is 24.3 Å². The van der Waals surface area contributed by atoms with Crippen molar-refractivity contribution in [1.82, 2.24) is 4.98 Å². The topological polar surface area (TPSA) is 57.7 Å². The fourth-order valence-electron chi connectivity index (χ4n) is 2.92. The molecule has 0 radical (unpaired) electrons. The summed E-state index contributed by atoms with van der Waals surface area (Å²) in [6, 6.07) is 5.54. The van der Waals surface area contributed by atoms with Crippen molar-refractivity contribution >= 4 is 17.3 Å². The molecule has 0 bridgehead atoms. The summed E-state index contributed by atoms with van der Waals surface area (Å²) in [5, 5.41) is 0.862. The predicted molar refractivity (Wildman–Crippen MR) is 102 cm³/mol. The van der Waals surface area contributed by atoms with Crippen molar-refractivity contribution in [2.24, 2.45) is 5.92 Å². The Hall–Kier alpha value is -1.92. The fraction of sp³-hybridized carbons (Fsp3) is 0.500. The zero-order chi connectivity index (χ0) is 18.5. The Morgan fingerprint density at radius 3 is 2.77 bits per heavy atom. The summed E-state index contributed by atoms with van der Waals surface area (Å²) in [5.41, 5.74) is 1.29. The maximum Gasteiger partial charge on any atom is 0.341 e. The van der Waals surface area contributed by atoms with Crippen molar-refractivity contribution in [3.63, 3.8) is 0 Å². The smallest absolute Gasteiger partial charge is 0.341 e. The van der Waals surface area contributed by atoms with Gasteiger partial charge in [-0.1, -0.05) is 19.9 Å². The van der Waals surface area contributed by atoms with Crippen LogP contribution in [-0.4, -0.2) is 37.9 Å². The monoisotopic (exact) mass is 375 g/mol. The van der Waals surface area contributed by atoms with Gasteiger partial charge in [0.05, 0.1) is 19.3 Å². The zero-order valence-electron chi connectivity index (χ0n) is 15.5. The van der Waals surface area contributed by atoms with Crippen molar-refractivity contribution in [3.8, 4) is 16.3 Å². The molecule has 26 heavy (non-hydrogen) atoms. The molecule has 0 saturated carbocycles. The van der Waals surface area contributed by atoms with Gasteiger partial charge in [-0.3, -0.25) is 0 Å². The van der Waals surface area contributed by atoms with E-state index in [4.69, 9.17) is 14.2 Å². The van der Waals surface area contributed by atoms with Gasteiger partial charge in [0.25, 0.3) is 0 Å². The number of methoxy groups -OCH3 is 1. The van der Waals surface area contributed by atoms with Crippen LogP contribution in [0.3, 0.4) is 0 Å². The number of esters is 1. The zero-order valence-corrected chi connectivity index (χ0v) is 16.3. The van der Waals surface area contributed by atoms with Gasteiger partial charge in [-0.2, -0.15) is 0 Å². The van der Waals surface area contributed by atoms with Crippen LogP contribution >= 0.6 is 11.3 Å². The highest BCUT2D eigenvalue weighted by Gasteiger charge is 2.22. The number of hydrogen-bond acceptors (Lipinski definition) is 6. The van der Waals surface area contributed by atoms with Gasteiger partial charge in [-0.25, -0.2) is 9.78 Å². The van der Waals surface area contributed by atoms with Gasteiger partial charge in [0.1, 0.15) is 16.3 Å². The van der Waals surface area contributed by atoms with E-state index in [9.17, 15) is 4.79 Å². The van der Waals surface area contributed by atoms with Crippen LogP contribution in [0.15, 0.2) is 24.4 Å². The lowest BCUT2D eigenvalue weighted by Gasteiger charge is -2.23. The SMILES string of the molecule is COC(=O)c1cccc(-c2ncc(C(C)C)s2)c1OCC1CCOCC1. The molecule has 1 saturated heterocycles. The molecule has 1 fully saturated rings. The average molecular weight is 375 g/mol. The number of carbonyl (C=O) groups excluding carboxylic acids is 1. The molecule has 5 nitrogen and oxygen atoms in total. The van der Waals surface area contributed by atoms with Crippen molar-refractivity contribution < 1.29 is 19.0 Å². The summed E-state index contributed by atoms with van der Waals surface area (Å²) < 4.78 is 16.5. The third-order valence-electron chi connectivity index (χ3n) is 4.55. The minimum Gasteiger partial charge on any atom is -0.492 e. The first-order chi connectivity index (χ1) is 12.6. The average Bonchev–Trinajstić information content (AvgIpc) is 3.16.